The van der Waals surface area contributed by atoms with E-state index in [2.05, 4.69) is 10.6 Å². The molecule has 3 aromatic carbocycles. The fourth-order valence-electron chi connectivity index (χ4n) is 2.83. The number of carbonyl (C=O) groups excluding carboxylic acids is 3. The lowest BCUT2D eigenvalue weighted by Gasteiger charge is -2.14. The molecule has 0 radical (unpaired) electrons. The third kappa shape index (κ3) is 6.09. The first-order valence-corrected chi connectivity index (χ1v) is 9.71. The minimum absolute atomic E-state index is 0.243. The molecule has 32 heavy (non-hydrogen) atoms. The summed E-state index contributed by atoms with van der Waals surface area (Å²) in [5.41, 5.74) is 1.11. The van der Waals surface area contributed by atoms with Gasteiger partial charge in [0.2, 0.25) is 0 Å². The minimum atomic E-state index is -0.481. The van der Waals surface area contributed by atoms with Crippen LogP contribution in [0.1, 0.15) is 17.3 Å². The molecule has 2 N–H and O–H groups in total. The molecule has 8 nitrogen and oxygen atoms in total. The zero-order valence-electron chi connectivity index (χ0n) is 17.6. The molecule has 0 atom stereocenters. The van der Waals surface area contributed by atoms with Crippen molar-refractivity contribution < 1.29 is 28.6 Å². The Bertz CT molecular complexity index is 1130. The van der Waals surface area contributed by atoms with E-state index in [9.17, 15) is 14.4 Å². The Morgan fingerprint density at radius 1 is 0.812 bits per heavy atom. The van der Waals surface area contributed by atoms with Crippen LogP contribution in [0.2, 0.25) is 0 Å². The van der Waals surface area contributed by atoms with Gasteiger partial charge in [-0.05, 0) is 42.5 Å². The molecule has 0 bridgehead atoms. The molecular formula is C24H22N2O6. The zero-order valence-corrected chi connectivity index (χ0v) is 17.6. The van der Waals surface area contributed by atoms with Gasteiger partial charge in [-0.25, -0.2) is 0 Å². The lowest BCUT2D eigenvalue weighted by atomic mass is 10.2. The quantitative estimate of drug-likeness (QED) is 0.412. The van der Waals surface area contributed by atoms with E-state index in [0.29, 0.717) is 28.4 Å². The third-order valence-electron chi connectivity index (χ3n) is 4.23. The Labute approximate surface area is 185 Å². The molecule has 0 aromatic heterocycles. The summed E-state index contributed by atoms with van der Waals surface area (Å²) in [5.74, 6) is -0.0880. The molecule has 8 heteroatoms. The van der Waals surface area contributed by atoms with Gasteiger partial charge in [0.15, 0.2) is 18.1 Å². The Kier molecular flexibility index (Phi) is 7.42. The van der Waals surface area contributed by atoms with Crippen LogP contribution < -0.4 is 24.8 Å². The standard InChI is InChI=1S/C24H22N2O6/c1-16(27)32-18-9-7-8-17(14-18)24(29)26-20-11-4-3-10-19(20)25-23(28)15-31-22-13-6-5-12-21(22)30-2/h3-14H,15H2,1-2H3,(H,25,28)(H,26,29). The number of rotatable bonds is 8. The van der Waals surface area contributed by atoms with Gasteiger partial charge in [-0.15, -0.1) is 0 Å². The van der Waals surface area contributed by atoms with E-state index in [1.165, 1.54) is 20.1 Å². The SMILES string of the molecule is COc1ccccc1OCC(=O)Nc1ccccc1NC(=O)c1cccc(OC(C)=O)c1. The average Bonchev–Trinajstić information content (AvgIpc) is 2.79. The van der Waals surface area contributed by atoms with Crippen LogP contribution in [0.5, 0.6) is 17.2 Å². The van der Waals surface area contributed by atoms with Gasteiger partial charge in [0.1, 0.15) is 5.75 Å². The topological polar surface area (TPSA) is 103 Å². The monoisotopic (exact) mass is 434 g/mol. The number of ether oxygens (including phenoxy) is 3. The van der Waals surface area contributed by atoms with Crippen LogP contribution in [0.4, 0.5) is 11.4 Å². The third-order valence-corrected chi connectivity index (χ3v) is 4.23. The van der Waals surface area contributed by atoms with Crippen molar-refractivity contribution in [1.29, 1.82) is 0 Å². The molecule has 3 rings (SSSR count). The largest absolute Gasteiger partial charge is 0.493 e. The second-order valence-electron chi connectivity index (χ2n) is 6.61. The predicted molar refractivity (Wildman–Crippen MR) is 119 cm³/mol. The number of esters is 1. The Balaban J connectivity index is 1.66. The summed E-state index contributed by atoms with van der Waals surface area (Å²) in [6, 6.07) is 20.0. The molecule has 3 aromatic rings. The van der Waals surface area contributed by atoms with E-state index in [4.69, 9.17) is 14.2 Å². The van der Waals surface area contributed by atoms with Crippen molar-refractivity contribution in [2.24, 2.45) is 0 Å². The number of carbonyl (C=O) groups is 3. The molecule has 0 aliphatic carbocycles. The van der Waals surface area contributed by atoms with Gasteiger partial charge in [-0.2, -0.15) is 0 Å². The van der Waals surface area contributed by atoms with Crippen molar-refractivity contribution >= 4 is 29.2 Å². The first kappa shape index (κ1) is 22.4. The van der Waals surface area contributed by atoms with Crippen molar-refractivity contribution in [3.8, 4) is 17.2 Å². The van der Waals surface area contributed by atoms with Crippen molar-refractivity contribution in [3.05, 3.63) is 78.4 Å². The summed E-state index contributed by atoms with van der Waals surface area (Å²) in [7, 11) is 1.52. The van der Waals surface area contributed by atoms with Crippen LogP contribution >= 0.6 is 0 Å². The van der Waals surface area contributed by atoms with Crippen molar-refractivity contribution in [1.82, 2.24) is 0 Å². The van der Waals surface area contributed by atoms with E-state index < -0.39 is 17.8 Å². The predicted octanol–water partition coefficient (Wildman–Crippen LogP) is 3.89. The van der Waals surface area contributed by atoms with Gasteiger partial charge >= 0.3 is 5.97 Å². The number of anilines is 2. The van der Waals surface area contributed by atoms with E-state index >= 15 is 0 Å². The van der Waals surface area contributed by atoms with Crippen LogP contribution in [0.3, 0.4) is 0 Å². The number of hydrogen-bond acceptors (Lipinski definition) is 6. The summed E-state index contributed by atoms with van der Waals surface area (Å²) >= 11 is 0. The molecule has 0 saturated carbocycles. The molecule has 2 amide bonds. The number of methoxy groups -OCH3 is 1. The molecule has 0 saturated heterocycles. The molecule has 0 spiro atoms. The van der Waals surface area contributed by atoms with Crippen LogP contribution in [-0.2, 0) is 9.59 Å². The number of amides is 2. The highest BCUT2D eigenvalue weighted by molar-refractivity contribution is 6.07. The van der Waals surface area contributed by atoms with E-state index in [1.54, 1.807) is 66.7 Å². The fourth-order valence-corrected chi connectivity index (χ4v) is 2.83. The first-order chi connectivity index (χ1) is 15.5. The van der Waals surface area contributed by atoms with Crippen LogP contribution in [0, 0.1) is 0 Å². The van der Waals surface area contributed by atoms with Gasteiger partial charge < -0.3 is 24.8 Å². The Morgan fingerprint density at radius 3 is 2.16 bits per heavy atom. The van der Waals surface area contributed by atoms with E-state index in [0.717, 1.165) is 0 Å². The summed E-state index contributed by atoms with van der Waals surface area (Å²) < 4.78 is 15.7. The normalized spacial score (nSPS) is 10.1. The van der Waals surface area contributed by atoms with Gasteiger partial charge in [-0.1, -0.05) is 30.3 Å². The molecule has 0 aliphatic heterocycles. The first-order valence-electron chi connectivity index (χ1n) is 9.71. The highest BCUT2D eigenvalue weighted by Gasteiger charge is 2.13. The van der Waals surface area contributed by atoms with Crippen molar-refractivity contribution in [3.63, 3.8) is 0 Å². The Morgan fingerprint density at radius 2 is 1.47 bits per heavy atom. The van der Waals surface area contributed by atoms with Gasteiger partial charge in [0.05, 0.1) is 18.5 Å². The molecule has 0 fully saturated rings. The van der Waals surface area contributed by atoms with Crippen molar-refractivity contribution in [2.75, 3.05) is 24.4 Å². The Hall–Kier alpha value is -4.33. The molecule has 0 unspecified atom stereocenters. The molecule has 0 heterocycles. The number of benzene rings is 3. The molecule has 0 aliphatic rings. The molecular weight excluding hydrogens is 412 g/mol. The minimum Gasteiger partial charge on any atom is -0.493 e. The second kappa shape index (κ2) is 10.6. The number of hydrogen-bond donors (Lipinski definition) is 2. The average molecular weight is 434 g/mol. The second-order valence-corrected chi connectivity index (χ2v) is 6.61. The number of para-hydroxylation sites is 4. The van der Waals surface area contributed by atoms with Crippen molar-refractivity contribution in [2.45, 2.75) is 6.92 Å². The van der Waals surface area contributed by atoms with E-state index in [-0.39, 0.29) is 12.4 Å². The lowest BCUT2D eigenvalue weighted by Crippen LogP contribution is -2.22. The maximum Gasteiger partial charge on any atom is 0.308 e. The van der Waals surface area contributed by atoms with Crippen LogP contribution in [0.15, 0.2) is 72.8 Å². The highest BCUT2D eigenvalue weighted by atomic mass is 16.5. The maximum atomic E-state index is 12.7. The summed E-state index contributed by atoms with van der Waals surface area (Å²) in [4.78, 5) is 36.2. The maximum absolute atomic E-state index is 12.7. The summed E-state index contributed by atoms with van der Waals surface area (Å²) in [6.45, 7) is 1.04. The van der Waals surface area contributed by atoms with Gasteiger partial charge in [-0.3, -0.25) is 14.4 Å². The van der Waals surface area contributed by atoms with Gasteiger partial charge in [0, 0.05) is 12.5 Å². The summed E-state index contributed by atoms with van der Waals surface area (Å²) in [5, 5.41) is 5.47. The van der Waals surface area contributed by atoms with Crippen LogP contribution in [-0.4, -0.2) is 31.5 Å². The van der Waals surface area contributed by atoms with Gasteiger partial charge in [0.25, 0.3) is 11.8 Å². The number of nitrogens with one attached hydrogen (secondary N) is 2. The van der Waals surface area contributed by atoms with E-state index in [1.807, 2.05) is 0 Å². The summed E-state index contributed by atoms with van der Waals surface area (Å²) in [6.07, 6.45) is 0. The molecule has 164 valence electrons. The zero-order chi connectivity index (χ0) is 22.9. The highest BCUT2D eigenvalue weighted by Crippen LogP contribution is 2.26. The van der Waals surface area contributed by atoms with Crippen LogP contribution in [0.25, 0.3) is 0 Å². The lowest BCUT2D eigenvalue weighted by molar-refractivity contribution is -0.131. The fraction of sp³-hybridized carbons (Fsp3) is 0.125. The smallest absolute Gasteiger partial charge is 0.308 e.